The van der Waals surface area contributed by atoms with E-state index in [9.17, 15) is 19.2 Å². The van der Waals surface area contributed by atoms with Gasteiger partial charge in [-0.2, -0.15) is 0 Å². The number of rotatable bonds is 15. The van der Waals surface area contributed by atoms with Crippen molar-refractivity contribution < 1.29 is 47.4 Å². The van der Waals surface area contributed by atoms with Crippen molar-refractivity contribution in [2.45, 2.75) is 78.2 Å². The smallest absolute Gasteiger partial charge is 0.303 e. The Morgan fingerprint density at radius 3 is 2.43 bits per heavy atom. The van der Waals surface area contributed by atoms with E-state index < -0.39 is 61.2 Å². The van der Waals surface area contributed by atoms with Crippen LogP contribution in [0.25, 0.3) is 10.9 Å². The predicted octanol–water partition coefficient (Wildman–Crippen LogP) is 3.59. The number of H-pyrrole nitrogens is 1. The lowest BCUT2D eigenvalue weighted by atomic mass is 10.00. The van der Waals surface area contributed by atoms with Gasteiger partial charge in [0.15, 0.2) is 18.4 Å². The van der Waals surface area contributed by atoms with Crippen molar-refractivity contribution >= 4 is 34.7 Å². The van der Waals surface area contributed by atoms with Crippen LogP contribution in [-0.2, 0) is 49.4 Å². The second kappa shape index (κ2) is 18.0. The summed E-state index contributed by atoms with van der Waals surface area (Å²) in [5.74, 6) is -3.05. The maximum absolute atomic E-state index is 15.2. The average molecular weight is 644 g/mol. The van der Waals surface area contributed by atoms with Gasteiger partial charge in [0, 0.05) is 50.0 Å². The molecule has 2 heterocycles. The number of ether oxygens (including phenoxy) is 4. The number of carbonyl (C=O) groups excluding carboxylic acids is 4. The fraction of sp³-hybridized carbons (Fsp3) is 0.455. The number of alkyl halides is 1. The molecule has 0 bridgehead atoms. The number of nitrogens with one attached hydrogen (secondary N) is 3. The summed E-state index contributed by atoms with van der Waals surface area (Å²) in [4.78, 5) is 55.7. The van der Waals surface area contributed by atoms with Crippen molar-refractivity contribution in [1.29, 1.82) is 0 Å². The van der Waals surface area contributed by atoms with Gasteiger partial charge in [0.05, 0.1) is 0 Å². The summed E-state index contributed by atoms with van der Waals surface area (Å²) in [5, 5.41) is 4.67. The first-order valence-corrected chi connectivity index (χ1v) is 14.9. The van der Waals surface area contributed by atoms with Crippen LogP contribution in [0.4, 0.5) is 4.39 Å². The lowest BCUT2D eigenvalue weighted by molar-refractivity contribution is -0.308. The molecule has 1 aromatic carbocycles. The van der Waals surface area contributed by atoms with E-state index in [1.807, 2.05) is 37.3 Å². The Hall–Kier alpha value is -4.33. The first kappa shape index (κ1) is 36.1. The normalized spacial score (nSPS) is 21.9. The van der Waals surface area contributed by atoms with Gasteiger partial charge >= 0.3 is 17.9 Å². The Labute approximate surface area is 267 Å². The minimum absolute atomic E-state index is 0.476. The Balaban J connectivity index is 1.45. The number of hydroxylamine groups is 1. The van der Waals surface area contributed by atoms with Gasteiger partial charge in [0.2, 0.25) is 6.29 Å². The molecule has 1 aromatic heterocycles. The molecular formula is C33H42FN3O9. The Kier molecular flexibility index (Phi) is 14.1. The van der Waals surface area contributed by atoms with Gasteiger partial charge in [-0.05, 0) is 44.9 Å². The monoisotopic (exact) mass is 643 g/mol. The molecule has 0 aliphatic carbocycles. The third-order valence-electron chi connectivity index (χ3n) is 6.97. The minimum Gasteiger partial charge on any atom is -0.463 e. The topological polar surface area (TPSA) is 154 Å². The number of aryl methyl sites for hydroxylation is 1. The van der Waals surface area contributed by atoms with E-state index in [1.165, 1.54) is 22.7 Å². The number of amides is 1. The number of esters is 3. The Morgan fingerprint density at radius 1 is 1.00 bits per heavy atom. The van der Waals surface area contributed by atoms with E-state index in [0.29, 0.717) is 13.0 Å². The zero-order chi connectivity index (χ0) is 33.6. The Morgan fingerprint density at radius 2 is 1.72 bits per heavy atom. The molecule has 5 atom stereocenters. The van der Waals surface area contributed by atoms with Crippen LogP contribution in [0.5, 0.6) is 0 Å². The second-order valence-corrected chi connectivity index (χ2v) is 10.8. The minimum atomic E-state index is -2.03. The van der Waals surface area contributed by atoms with Crippen molar-refractivity contribution in [3.63, 3.8) is 0 Å². The van der Waals surface area contributed by atoms with Gasteiger partial charge in [-0.1, -0.05) is 48.1 Å². The van der Waals surface area contributed by atoms with Gasteiger partial charge in [-0.3, -0.25) is 19.2 Å². The largest absolute Gasteiger partial charge is 0.463 e. The second-order valence-electron chi connectivity index (χ2n) is 10.8. The molecule has 12 nitrogen and oxygen atoms in total. The standard InChI is InChI=1S/C33H42FN3O9/c1-20(11-8-9-17-35-18-16-25-21(2)36-27-14-7-6-13-26(25)27)12-10-15-29(41)37-46-33-32(44-24(5)40)31(43-23(4)39)30(34)28(45-33)19-42-22(3)38/h6-11,13-15,28,30-33,35-36H,12,16-19H2,1-5H3,(H,37,41)/b9-8+,15-10+,20-11+/t28-,30+,31+,32-,33+/m1/s1. The lowest BCUT2D eigenvalue weighted by Gasteiger charge is -2.41. The van der Waals surface area contributed by atoms with Crippen LogP contribution in [0.15, 0.2) is 60.2 Å². The molecule has 2 aromatic rings. The summed E-state index contributed by atoms with van der Waals surface area (Å²) in [6.07, 6.45) is 1.90. The van der Waals surface area contributed by atoms with Crippen molar-refractivity contribution in [3.05, 3.63) is 71.5 Å². The van der Waals surface area contributed by atoms with Crippen LogP contribution in [0.1, 0.15) is 45.4 Å². The van der Waals surface area contributed by atoms with E-state index in [-0.39, 0.29) is 0 Å². The molecular weight excluding hydrogens is 601 g/mol. The van der Waals surface area contributed by atoms with Crippen LogP contribution >= 0.6 is 0 Å². The number of halogens is 1. The van der Waals surface area contributed by atoms with E-state index >= 15 is 4.39 Å². The van der Waals surface area contributed by atoms with Crippen molar-refractivity contribution in [3.8, 4) is 0 Å². The van der Waals surface area contributed by atoms with Gasteiger partial charge in [-0.25, -0.2) is 14.7 Å². The first-order valence-electron chi connectivity index (χ1n) is 14.9. The highest BCUT2D eigenvalue weighted by molar-refractivity contribution is 5.86. The van der Waals surface area contributed by atoms with Crippen molar-refractivity contribution in [2.24, 2.45) is 0 Å². The van der Waals surface area contributed by atoms with Gasteiger partial charge in [-0.15, -0.1) is 0 Å². The fourth-order valence-electron chi connectivity index (χ4n) is 4.86. The molecule has 1 amide bonds. The van der Waals surface area contributed by atoms with E-state index in [4.69, 9.17) is 23.8 Å². The Bertz CT molecular complexity index is 1450. The summed E-state index contributed by atoms with van der Waals surface area (Å²) in [7, 11) is 0. The molecule has 1 aliphatic heterocycles. The highest BCUT2D eigenvalue weighted by Gasteiger charge is 2.52. The van der Waals surface area contributed by atoms with Crippen LogP contribution in [0.3, 0.4) is 0 Å². The van der Waals surface area contributed by atoms with Crippen LogP contribution in [0.2, 0.25) is 0 Å². The molecule has 3 N–H and O–H groups in total. The highest BCUT2D eigenvalue weighted by atomic mass is 19.1. The van der Waals surface area contributed by atoms with E-state index in [2.05, 4.69) is 34.8 Å². The number of hydrogen-bond donors (Lipinski definition) is 3. The summed E-state index contributed by atoms with van der Waals surface area (Å²) >= 11 is 0. The number of allylic oxidation sites excluding steroid dienone is 4. The SMILES string of the molecule is CC(=O)OC[C@H]1O[C@@H](ONC(=O)/C=C/C/C(C)=C/C=C/CNCCc2c(C)[nH]c3ccccc23)[C@H](OC(C)=O)[C@@H](OC(C)=O)[C@H]1F. The molecule has 0 saturated carbocycles. The summed E-state index contributed by atoms with van der Waals surface area (Å²) in [5.41, 5.74) is 6.79. The quantitative estimate of drug-likeness (QED) is 0.0655. The average Bonchev–Trinajstić information content (AvgIpc) is 3.31. The number of aromatic amines is 1. The molecule has 250 valence electrons. The third kappa shape index (κ3) is 11.2. The van der Waals surface area contributed by atoms with Crippen LogP contribution in [-0.4, -0.2) is 79.3 Å². The molecule has 1 aliphatic rings. The summed E-state index contributed by atoms with van der Waals surface area (Å²) in [6.45, 7) is 8.27. The van der Waals surface area contributed by atoms with E-state index in [0.717, 1.165) is 44.8 Å². The number of hydrogen-bond acceptors (Lipinski definition) is 10. The third-order valence-corrected chi connectivity index (χ3v) is 6.97. The zero-order valence-corrected chi connectivity index (χ0v) is 26.7. The highest BCUT2D eigenvalue weighted by Crippen LogP contribution is 2.29. The number of para-hydroxylation sites is 1. The molecule has 0 spiro atoms. The number of fused-ring (bicyclic) bond motifs is 1. The number of aromatic nitrogens is 1. The summed E-state index contributed by atoms with van der Waals surface area (Å²) < 4.78 is 35.6. The maximum atomic E-state index is 15.2. The van der Waals surface area contributed by atoms with E-state index in [1.54, 1.807) is 6.08 Å². The molecule has 13 heteroatoms. The fourth-order valence-corrected chi connectivity index (χ4v) is 4.86. The van der Waals surface area contributed by atoms with Gasteiger partial charge in [0.25, 0.3) is 5.91 Å². The number of carbonyl (C=O) groups is 4. The molecule has 0 radical (unpaired) electrons. The van der Waals surface area contributed by atoms with Crippen LogP contribution < -0.4 is 10.8 Å². The predicted molar refractivity (Wildman–Crippen MR) is 167 cm³/mol. The maximum Gasteiger partial charge on any atom is 0.303 e. The first-order chi connectivity index (χ1) is 22.0. The number of benzene rings is 1. The molecule has 1 fully saturated rings. The van der Waals surface area contributed by atoms with Crippen molar-refractivity contribution in [1.82, 2.24) is 15.8 Å². The zero-order valence-electron chi connectivity index (χ0n) is 26.7. The van der Waals surface area contributed by atoms with Gasteiger partial charge in [0.1, 0.15) is 12.7 Å². The van der Waals surface area contributed by atoms with Crippen LogP contribution in [0, 0.1) is 6.92 Å². The summed E-state index contributed by atoms with van der Waals surface area (Å²) in [6, 6.07) is 8.28. The molecule has 0 unspecified atom stereocenters. The van der Waals surface area contributed by atoms with Crippen molar-refractivity contribution in [2.75, 3.05) is 19.7 Å². The lowest BCUT2D eigenvalue weighted by Crippen LogP contribution is -2.61. The molecule has 46 heavy (non-hydrogen) atoms. The molecule has 3 rings (SSSR count). The molecule has 1 saturated heterocycles. The van der Waals surface area contributed by atoms with Gasteiger partial charge < -0.3 is 29.2 Å².